The normalized spacial score (nSPS) is 11.4. The van der Waals surface area contributed by atoms with Crippen LogP contribution < -0.4 is 10.7 Å². The van der Waals surface area contributed by atoms with E-state index >= 15 is 0 Å². The summed E-state index contributed by atoms with van der Waals surface area (Å²) >= 11 is 0. The Bertz CT molecular complexity index is 1830. The number of esters is 1. The highest BCUT2D eigenvalue weighted by Crippen LogP contribution is 2.42. The van der Waals surface area contributed by atoms with Gasteiger partial charge in [0.25, 0.3) is 0 Å². The van der Waals surface area contributed by atoms with Crippen LogP contribution in [0, 0.1) is 0 Å². The number of nitrogens with zero attached hydrogens (tertiary/aromatic N) is 3. The Morgan fingerprint density at radius 2 is 1.44 bits per heavy atom. The first-order chi connectivity index (χ1) is 21.0. The zero-order chi connectivity index (χ0) is 29.8. The maximum atomic E-state index is 13.1. The van der Waals surface area contributed by atoms with Crippen molar-refractivity contribution in [3.05, 3.63) is 166 Å². The highest BCUT2D eigenvalue weighted by molar-refractivity contribution is 5.93. The summed E-state index contributed by atoms with van der Waals surface area (Å²) in [5.41, 5.74) is 4.01. The summed E-state index contributed by atoms with van der Waals surface area (Å²) < 4.78 is 9.06. The summed E-state index contributed by atoms with van der Waals surface area (Å²) in [4.78, 5) is 30.2. The number of pyridine rings is 1. The Hall–Kier alpha value is -5.43. The van der Waals surface area contributed by atoms with Gasteiger partial charge in [-0.05, 0) is 41.3 Å². The lowest BCUT2D eigenvalue weighted by molar-refractivity contribution is 0.0524. The smallest absolute Gasteiger partial charge is 0.343 e. The third-order valence-electron chi connectivity index (χ3n) is 7.78. The van der Waals surface area contributed by atoms with Gasteiger partial charge >= 0.3 is 5.97 Å². The van der Waals surface area contributed by atoms with Crippen molar-refractivity contribution in [2.24, 2.45) is 7.05 Å². The number of ether oxygens (including phenoxy) is 1. The van der Waals surface area contributed by atoms with Gasteiger partial charge in [-0.25, -0.2) is 9.78 Å². The monoisotopic (exact) mass is 568 g/mol. The van der Waals surface area contributed by atoms with Crippen LogP contribution >= 0.6 is 0 Å². The van der Waals surface area contributed by atoms with Gasteiger partial charge in [0.1, 0.15) is 11.1 Å². The topological polar surface area (TPSA) is 78.2 Å². The highest BCUT2D eigenvalue weighted by Gasteiger charge is 2.39. The van der Waals surface area contributed by atoms with Gasteiger partial charge in [-0.2, -0.15) is 0 Å². The Kier molecular flexibility index (Phi) is 7.62. The SMILES string of the molecule is CCOC(=O)c1cn(C)c2cc(CNc3nccn3C(c3ccccc3)(c3ccccc3)c3ccccc3)ccc2c1=O. The zero-order valence-corrected chi connectivity index (χ0v) is 24.1. The molecular formula is C36H32N4O3. The fraction of sp³-hybridized carbons (Fsp3) is 0.139. The van der Waals surface area contributed by atoms with Crippen LogP contribution in [0.25, 0.3) is 10.9 Å². The van der Waals surface area contributed by atoms with Gasteiger partial charge in [-0.3, -0.25) is 9.36 Å². The maximum Gasteiger partial charge on any atom is 0.343 e. The Morgan fingerprint density at radius 3 is 2.00 bits per heavy atom. The molecule has 0 unspecified atom stereocenters. The number of imidazole rings is 1. The van der Waals surface area contributed by atoms with E-state index in [9.17, 15) is 9.59 Å². The second-order valence-electron chi connectivity index (χ2n) is 10.3. The van der Waals surface area contributed by atoms with E-state index in [-0.39, 0.29) is 17.6 Å². The van der Waals surface area contributed by atoms with Crippen molar-refractivity contribution in [3.8, 4) is 0 Å². The number of aryl methyl sites for hydroxylation is 1. The van der Waals surface area contributed by atoms with Crippen LogP contribution in [-0.2, 0) is 23.9 Å². The van der Waals surface area contributed by atoms with Gasteiger partial charge in [0, 0.05) is 37.6 Å². The number of carbonyl (C=O) groups is 1. The van der Waals surface area contributed by atoms with Crippen molar-refractivity contribution in [1.82, 2.24) is 14.1 Å². The van der Waals surface area contributed by atoms with Crippen molar-refractivity contribution in [2.45, 2.75) is 19.0 Å². The summed E-state index contributed by atoms with van der Waals surface area (Å²) in [7, 11) is 1.82. The second kappa shape index (κ2) is 11.8. The van der Waals surface area contributed by atoms with Gasteiger partial charge in [0.2, 0.25) is 11.4 Å². The molecule has 0 aliphatic heterocycles. The van der Waals surface area contributed by atoms with E-state index in [1.807, 2.05) is 49.8 Å². The van der Waals surface area contributed by atoms with E-state index in [1.54, 1.807) is 23.8 Å². The number of hydrogen-bond donors (Lipinski definition) is 1. The van der Waals surface area contributed by atoms with Crippen molar-refractivity contribution >= 4 is 22.8 Å². The van der Waals surface area contributed by atoms with E-state index in [4.69, 9.17) is 9.72 Å². The second-order valence-corrected chi connectivity index (χ2v) is 10.3. The molecule has 4 aromatic carbocycles. The Balaban J connectivity index is 1.42. The van der Waals surface area contributed by atoms with Crippen molar-refractivity contribution in [2.75, 3.05) is 11.9 Å². The molecule has 0 amide bonds. The molecule has 2 heterocycles. The molecule has 0 spiro atoms. The molecular weight excluding hydrogens is 536 g/mol. The molecule has 0 fully saturated rings. The third kappa shape index (κ3) is 4.99. The van der Waals surface area contributed by atoms with Crippen LogP contribution in [0.1, 0.15) is 39.5 Å². The van der Waals surface area contributed by atoms with Gasteiger partial charge < -0.3 is 14.6 Å². The minimum atomic E-state index is -0.695. The van der Waals surface area contributed by atoms with Crippen LogP contribution in [0.4, 0.5) is 5.95 Å². The van der Waals surface area contributed by atoms with Crippen LogP contribution in [-0.4, -0.2) is 26.7 Å². The molecule has 7 nitrogen and oxygen atoms in total. The molecule has 0 aliphatic rings. The van der Waals surface area contributed by atoms with Crippen molar-refractivity contribution < 1.29 is 9.53 Å². The van der Waals surface area contributed by atoms with Crippen molar-refractivity contribution in [1.29, 1.82) is 0 Å². The number of benzene rings is 4. The van der Waals surface area contributed by atoms with Crippen molar-refractivity contribution in [3.63, 3.8) is 0 Å². The quantitative estimate of drug-likeness (QED) is 0.162. The number of aromatic nitrogens is 3. The van der Waals surface area contributed by atoms with E-state index in [0.717, 1.165) is 27.8 Å². The molecule has 6 aromatic rings. The molecule has 2 aromatic heterocycles. The zero-order valence-electron chi connectivity index (χ0n) is 24.1. The van der Waals surface area contributed by atoms with E-state index in [1.165, 1.54) is 0 Å². The lowest BCUT2D eigenvalue weighted by Crippen LogP contribution is -2.38. The molecule has 0 bridgehead atoms. The number of fused-ring (bicyclic) bond motifs is 1. The molecule has 0 saturated heterocycles. The van der Waals surface area contributed by atoms with Crippen LogP contribution in [0.15, 0.2) is 133 Å². The first kappa shape index (κ1) is 27.7. The highest BCUT2D eigenvalue weighted by atomic mass is 16.5. The first-order valence-electron chi connectivity index (χ1n) is 14.3. The molecule has 0 atom stereocenters. The Morgan fingerprint density at radius 1 is 0.860 bits per heavy atom. The average molecular weight is 569 g/mol. The van der Waals surface area contributed by atoms with E-state index in [2.05, 4.69) is 82.7 Å². The standard InChI is InChI=1S/C36H32N4O3/c1-3-43-34(42)31-25-39(2)32-23-26(19-20-30(32)33(31)41)24-38-35-37-21-22-40(35)36(27-13-7-4-8-14-27,28-15-9-5-10-16-28)29-17-11-6-12-18-29/h4-23,25H,3,24H2,1-2H3,(H,37,38). The minimum Gasteiger partial charge on any atom is -0.462 e. The Labute approximate surface area is 250 Å². The first-order valence-corrected chi connectivity index (χ1v) is 14.3. The van der Waals surface area contributed by atoms with Gasteiger partial charge in [0.05, 0.1) is 12.1 Å². The van der Waals surface area contributed by atoms with Gasteiger partial charge in [0.15, 0.2) is 0 Å². The molecule has 43 heavy (non-hydrogen) atoms. The van der Waals surface area contributed by atoms with Crippen LogP contribution in [0.2, 0.25) is 0 Å². The number of nitrogens with one attached hydrogen (secondary N) is 1. The van der Waals surface area contributed by atoms with E-state index in [0.29, 0.717) is 17.9 Å². The number of hydrogen-bond acceptors (Lipinski definition) is 5. The molecule has 1 N–H and O–H groups in total. The summed E-state index contributed by atoms with van der Waals surface area (Å²) in [6.45, 7) is 2.40. The summed E-state index contributed by atoms with van der Waals surface area (Å²) in [5.74, 6) is 0.0875. The summed E-state index contributed by atoms with van der Waals surface area (Å²) in [6, 6.07) is 37.0. The molecule has 6 rings (SSSR count). The van der Waals surface area contributed by atoms with Crippen LogP contribution in [0.5, 0.6) is 0 Å². The largest absolute Gasteiger partial charge is 0.462 e. The fourth-order valence-corrected chi connectivity index (χ4v) is 5.83. The lowest BCUT2D eigenvalue weighted by atomic mass is 9.76. The lowest BCUT2D eigenvalue weighted by Gasteiger charge is -2.38. The summed E-state index contributed by atoms with van der Waals surface area (Å²) in [5, 5.41) is 4.03. The molecule has 0 saturated carbocycles. The number of anilines is 1. The van der Waals surface area contributed by atoms with E-state index < -0.39 is 11.5 Å². The number of carbonyl (C=O) groups excluding carboxylic acids is 1. The van der Waals surface area contributed by atoms with Gasteiger partial charge in [-0.1, -0.05) is 97.1 Å². The fourth-order valence-electron chi connectivity index (χ4n) is 5.83. The molecule has 7 heteroatoms. The molecule has 0 aliphatic carbocycles. The van der Waals surface area contributed by atoms with Crippen LogP contribution in [0.3, 0.4) is 0 Å². The number of rotatable bonds is 9. The van der Waals surface area contributed by atoms with Gasteiger partial charge in [-0.15, -0.1) is 0 Å². The minimum absolute atomic E-state index is 0.0313. The predicted molar refractivity (Wildman–Crippen MR) is 169 cm³/mol. The predicted octanol–water partition coefficient (Wildman–Crippen LogP) is 6.36. The molecule has 214 valence electrons. The maximum absolute atomic E-state index is 13.1. The summed E-state index contributed by atoms with van der Waals surface area (Å²) in [6.07, 6.45) is 5.36. The average Bonchev–Trinajstić information content (AvgIpc) is 3.52. The molecule has 0 radical (unpaired) electrons. The third-order valence-corrected chi connectivity index (χ3v) is 7.78.